The summed E-state index contributed by atoms with van der Waals surface area (Å²) >= 11 is 7.61. The van der Waals surface area contributed by atoms with Crippen LogP contribution in [-0.4, -0.2) is 19.4 Å². The van der Waals surface area contributed by atoms with Gasteiger partial charge in [0.2, 0.25) is 5.95 Å². The van der Waals surface area contributed by atoms with Crippen LogP contribution < -0.4 is 5.73 Å². The van der Waals surface area contributed by atoms with E-state index in [1.54, 1.807) is 12.3 Å². The number of hydrogen-bond donors (Lipinski definition) is 1. The molecule has 7 heteroatoms. The third-order valence-corrected chi connectivity index (χ3v) is 3.40. The molecule has 18 heavy (non-hydrogen) atoms. The number of nitrogen functional groups attached to an aromatic ring is 1. The Morgan fingerprint density at radius 2 is 2.22 bits per heavy atom. The van der Waals surface area contributed by atoms with Crippen LogP contribution in [0, 0.1) is 0 Å². The number of imidazole rings is 1. The zero-order valence-corrected chi connectivity index (χ0v) is 10.7. The van der Waals surface area contributed by atoms with Crippen molar-refractivity contribution in [2.75, 3.05) is 5.73 Å². The van der Waals surface area contributed by atoms with Gasteiger partial charge >= 0.3 is 0 Å². The molecule has 0 fully saturated rings. The van der Waals surface area contributed by atoms with Gasteiger partial charge in [0.05, 0.1) is 11.4 Å². The van der Waals surface area contributed by atoms with Gasteiger partial charge in [-0.1, -0.05) is 11.6 Å². The molecule has 0 atom stereocenters. The molecule has 0 radical (unpaired) electrons. The zero-order valence-electron chi connectivity index (χ0n) is 9.12. The van der Waals surface area contributed by atoms with E-state index in [1.165, 1.54) is 11.3 Å². The molecule has 3 aromatic rings. The van der Waals surface area contributed by atoms with Gasteiger partial charge in [0, 0.05) is 17.8 Å². The van der Waals surface area contributed by atoms with Crippen molar-refractivity contribution >= 4 is 46.0 Å². The highest BCUT2D eigenvalue weighted by molar-refractivity contribution is 7.15. The van der Waals surface area contributed by atoms with Crippen LogP contribution in [0.15, 0.2) is 23.8 Å². The molecule has 0 saturated heterocycles. The Kier molecular flexibility index (Phi) is 2.73. The van der Waals surface area contributed by atoms with Crippen molar-refractivity contribution in [3.05, 3.63) is 40.4 Å². The molecule has 3 rings (SSSR count). The lowest BCUT2D eigenvalue weighted by molar-refractivity contribution is 1.17. The van der Waals surface area contributed by atoms with E-state index in [2.05, 4.69) is 15.0 Å². The van der Waals surface area contributed by atoms with E-state index in [1.807, 2.05) is 28.1 Å². The predicted octanol–water partition coefficient (Wildman–Crippen LogP) is 2.59. The fraction of sp³-hybridized carbons (Fsp3) is 0. The number of thiazole rings is 1. The van der Waals surface area contributed by atoms with Crippen LogP contribution in [-0.2, 0) is 0 Å². The fourth-order valence-electron chi connectivity index (χ4n) is 1.57. The highest BCUT2D eigenvalue weighted by Crippen LogP contribution is 2.22. The Bertz CT molecular complexity index is 730. The third kappa shape index (κ3) is 1.96. The quantitative estimate of drug-likeness (QED) is 0.782. The monoisotopic (exact) mass is 277 g/mol. The Morgan fingerprint density at radius 1 is 1.33 bits per heavy atom. The Hall–Kier alpha value is -1.92. The third-order valence-electron chi connectivity index (χ3n) is 2.36. The lowest BCUT2D eigenvalue weighted by atomic mass is 10.3. The summed E-state index contributed by atoms with van der Waals surface area (Å²) in [7, 11) is 0. The summed E-state index contributed by atoms with van der Waals surface area (Å²) in [5.74, 6) is 0.247. The highest BCUT2D eigenvalue weighted by atomic mass is 35.5. The first-order chi connectivity index (χ1) is 8.74. The van der Waals surface area contributed by atoms with Crippen molar-refractivity contribution in [3.63, 3.8) is 0 Å². The van der Waals surface area contributed by atoms with Crippen LogP contribution in [0.2, 0.25) is 5.15 Å². The van der Waals surface area contributed by atoms with Crippen LogP contribution in [0.3, 0.4) is 0 Å². The summed E-state index contributed by atoms with van der Waals surface area (Å²) in [5.41, 5.74) is 7.06. The average molecular weight is 278 g/mol. The Labute approximate surface area is 112 Å². The Balaban J connectivity index is 2.01. The number of nitrogens with two attached hydrogens (primary N) is 1. The van der Waals surface area contributed by atoms with E-state index < -0.39 is 0 Å². The molecular weight excluding hydrogens is 270 g/mol. The van der Waals surface area contributed by atoms with Gasteiger partial charge in [-0.25, -0.2) is 15.0 Å². The molecule has 90 valence electrons. The first kappa shape index (κ1) is 11.2. The lowest BCUT2D eigenvalue weighted by Gasteiger charge is -1.94. The van der Waals surface area contributed by atoms with Crippen LogP contribution in [0.25, 0.3) is 17.1 Å². The summed E-state index contributed by atoms with van der Waals surface area (Å²) in [6.45, 7) is 0. The predicted molar refractivity (Wildman–Crippen MR) is 73.5 cm³/mol. The van der Waals surface area contributed by atoms with Crippen molar-refractivity contribution in [1.82, 2.24) is 19.4 Å². The second-order valence-electron chi connectivity index (χ2n) is 3.52. The number of rotatable bonds is 2. The standard InChI is InChI=1S/C11H8ClN5S/c12-9-8(17-5-6-18-11(17)16-9)2-1-7-3-4-14-10(13)15-7/h1-6H,(H2,13,14,15)/b2-1+. The van der Waals surface area contributed by atoms with Gasteiger partial charge < -0.3 is 5.73 Å². The molecule has 0 saturated carbocycles. The van der Waals surface area contributed by atoms with Gasteiger partial charge in [-0.2, -0.15) is 0 Å². The van der Waals surface area contributed by atoms with Crippen molar-refractivity contribution in [2.24, 2.45) is 0 Å². The molecule has 0 spiro atoms. The molecule has 3 heterocycles. The average Bonchev–Trinajstić information content (AvgIpc) is 2.87. The Morgan fingerprint density at radius 3 is 3.06 bits per heavy atom. The fourth-order valence-corrected chi connectivity index (χ4v) is 2.58. The number of hydrogen-bond acceptors (Lipinski definition) is 5. The minimum absolute atomic E-state index is 0.247. The maximum atomic E-state index is 6.07. The summed E-state index contributed by atoms with van der Waals surface area (Å²) in [5, 5.41) is 2.43. The summed E-state index contributed by atoms with van der Waals surface area (Å²) in [4.78, 5) is 13.0. The van der Waals surface area contributed by atoms with E-state index in [-0.39, 0.29) is 5.95 Å². The zero-order chi connectivity index (χ0) is 12.5. The summed E-state index contributed by atoms with van der Waals surface area (Å²) < 4.78 is 1.92. The number of aromatic nitrogens is 4. The SMILES string of the molecule is Nc1nccc(/C=C/c2c(Cl)nc3sccn23)n1. The van der Waals surface area contributed by atoms with E-state index >= 15 is 0 Å². The largest absolute Gasteiger partial charge is 0.368 e. The molecule has 5 nitrogen and oxygen atoms in total. The molecule has 0 aliphatic heterocycles. The van der Waals surface area contributed by atoms with Gasteiger partial charge in [-0.15, -0.1) is 11.3 Å². The normalized spacial score (nSPS) is 11.6. The van der Waals surface area contributed by atoms with Gasteiger partial charge in [0.15, 0.2) is 10.1 Å². The number of nitrogens with zero attached hydrogens (tertiary/aromatic N) is 4. The molecule has 3 aromatic heterocycles. The summed E-state index contributed by atoms with van der Waals surface area (Å²) in [6, 6.07) is 1.77. The number of halogens is 1. The van der Waals surface area contributed by atoms with E-state index in [0.717, 1.165) is 16.3 Å². The van der Waals surface area contributed by atoms with E-state index in [0.29, 0.717) is 5.15 Å². The minimum atomic E-state index is 0.247. The van der Waals surface area contributed by atoms with Gasteiger partial charge in [0.25, 0.3) is 0 Å². The van der Waals surface area contributed by atoms with Crippen molar-refractivity contribution in [2.45, 2.75) is 0 Å². The molecular formula is C11H8ClN5S. The first-order valence-corrected chi connectivity index (χ1v) is 6.37. The van der Waals surface area contributed by atoms with Gasteiger partial charge in [-0.3, -0.25) is 4.40 Å². The van der Waals surface area contributed by atoms with Crippen LogP contribution >= 0.6 is 22.9 Å². The smallest absolute Gasteiger partial charge is 0.220 e. The minimum Gasteiger partial charge on any atom is -0.368 e. The molecule has 0 aromatic carbocycles. The maximum absolute atomic E-state index is 6.07. The molecule has 0 aliphatic rings. The van der Waals surface area contributed by atoms with Crippen molar-refractivity contribution < 1.29 is 0 Å². The van der Waals surface area contributed by atoms with Crippen LogP contribution in [0.4, 0.5) is 5.95 Å². The first-order valence-electron chi connectivity index (χ1n) is 5.12. The molecule has 2 N–H and O–H groups in total. The molecule has 0 amide bonds. The second kappa shape index (κ2) is 4.40. The lowest BCUT2D eigenvalue weighted by Crippen LogP contribution is -1.94. The summed E-state index contributed by atoms with van der Waals surface area (Å²) in [6.07, 6.45) is 7.22. The van der Waals surface area contributed by atoms with Crippen LogP contribution in [0.5, 0.6) is 0 Å². The van der Waals surface area contributed by atoms with E-state index in [9.17, 15) is 0 Å². The number of anilines is 1. The topological polar surface area (TPSA) is 69.1 Å². The molecule has 0 aliphatic carbocycles. The highest BCUT2D eigenvalue weighted by Gasteiger charge is 2.07. The van der Waals surface area contributed by atoms with Gasteiger partial charge in [-0.05, 0) is 18.2 Å². The molecule has 0 bridgehead atoms. The van der Waals surface area contributed by atoms with Crippen molar-refractivity contribution in [3.8, 4) is 0 Å². The van der Waals surface area contributed by atoms with Crippen LogP contribution in [0.1, 0.15) is 11.4 Å². The number of fused-ring (bicyclic) bond motifs is 1. The van der Waals surface area contributed by atoms with Gasteiger partial charge in [0.1, 0.15) is 0 Å². The second-order valence-corrected chi connectivity index (χ2v) is 4.75. The van der Waals surface area contributed by atoms with Crippen molar-refractivity contribution in [1.29, 1.82) is 0 Å². The molecule has 0 unspecified atom stereocenters. The van der Waals surface area contributed by atoms with E-state index in [4.69, 9.17) is 17.3 Å². The maximum Gasteiger partial charge on any atom is 0.220 e.